The minimum absolute atomic E-state index is 0.383. The van der Waals surface area contributed by atoms with Crippen molar-refractivity contribution in [2.75, 3.05) is 10.5 Å². The van der Waals surface area contributed by atoms with Crippen molar-refractivity contribution in [3.63, 3.8) is 0 Å². The van der Waals surface area contributed by atoms with E-state index in [1.165, 1.54) is 13.1 Å². The molecule has 0 atom stereocenters. The van der Waals surface area contributed by atoms with E-state index in [1.54, 1.807) is 24.4 Å². The van der Waals surface area contributed by atoms with Gasteiger partial charge in [0.2, 0.25) is 5.91 Å². The summed E-state index contributed by atoms with van der Waals surface area (Å²) in [5, 5.41) is 18.0. The van der Waals surface area contributed by atoms with E-state index in [0.717, 1.165) is 11.4 Å². The third-order valence-electron chi connectivity index (χ3n) is 2.48. The Morgan fingerprint density at radius 3 is 2.05 bits per heavy atom. The molecule has 112 valence electrons. The molecule has 0 aliphatic carbocycles. The molecule has 0 aromatic carbocycles. The molecule has 1 amide bonds. The highest BCUT2D eigenvalue weighted by Gasteiger charge is 2.06. The summed E-state index contributed by atoms with van der Waals surface area (Å²) in [5.74, 6) is -0.430. The lowest BCUT2D eigenvalue weighted by atomic mass is 10.3. The number of rotatable bonds is 2. The van der Waals surface area contributed by atoms with Crippen LogP contribution in [0.15, 0.2) is 36.7 Å². The van der Waals surface area contributed by atoms with Gasteiger partial charge in [0, 0.05) is 18.3 Å². The second-order valence-corrected chi connectivity index (χ2v) is 4.29. The monoisotopic (exact) mass is 290 g/mol. The maximum Gasteiger partial charge on any atom is 0.247 e. The van der Waals surface area contributed by atoms with Gasteiger partial charge < -0.3 is 0 Å². The quantitative estimate of drug-likeness (QED) is 0.580. The lowest BCUT2D eigenvalue weighted by Crippen LogP contribution is -2.23. The van der Waals surface area contributed by atoms with E-state index in [9.17, 15) is 4.79 Å². The first-order valence-corrected chi connectivity index (χ1v) is 6.19. The van der Waals surface area contributed by atoms with Crippen molar-refractivity contribution >= 4 is 17.3 Å². The number of pyridine rings is 2. The van der Waals surface area contributed by atoms with E-state index >= 15 is 0 Å². The van der Waals surface area contributed by atoms with Crippen LogP contribution in [-0.4, -0.2) is 26.3 Å². The Labute approximate surface area is 122 Å². The van der Waals surface area contributed by atoms with Crippen LogP contribution in [0.25, 0.3) is 0 Å². The number of aryl methyl sites for hydroxylation is 2. The molecule has 2 rings (SSSR count). The molecular formula is C14H18N4O3. The van der Waals surface area contributed by atoms with Crippen LogP contribution in [0.4, 0.5) is 11.4 Å². The Kier molecular flexibility index (Phi) is 6.25. The van der Waals surface area contributed by atoms with Gasteiger partial charge in [-0.15, -0.1) is 0 Å². The number of hydrogen-bond acceptors (Lipinski definition) is 6. The Bertz CT molecular complexity index is 570. The minimum atomic E-state index is -0.430. The standard InChI is InChI=1S/C8H10N2O2.C6H8N2O/c1-6-3-4-8(5-9-6)10(12)7(2)11;1-5-2-3-6(8-9)4-7-5/h3-5,12H,1-2H3;2-4,8-9H,1H3. The molecule has 0 radical (unpaired) electrons. The van der Waals surface area contributed by atoms with Crippen LogP contribution < -0.4 is 10.5 Å². The van der Waals surface area contributed by atoms with Gasteiger partial charge in [-0.25, -0.2) is 0 Å². The van der Waals surface area contributed by atoms with Gasteiger partial charge in [0.15, 0.2) is 0 Å². The summed E-state index contributed by atoms with van der Waals surface area (Å²) < 4.78 is 0. The molecule has 2 aromatic rings. The largest absolute Gasteiger partial charge is 0.291 e. The molecule has 0 aliphatic rings. The second kappa shape index (κ2) is 7.93. The molecule has 0 bridgehead atoms. The summed E-state index contributed by atoms with van der Waals surface area (Å²) in [5.41, 5.74) is 4.77. The molecule has 0 unspecified atom stereocenters. The van der Waals surface area contributed by atoms with Crippen molar-refractivity contribution < 1.29 is 15.2 Å². The van der Waals surface area contributed by atoms with Gasteiger partial charge in [-0.2, -0.15) is 5.06 Å². The SMILES string of the molecule is CC(=O)N(O)c1ccc(C)nc1.Cc1ccc(NO)cn1. The number of anilines is 2. The zero-order chi connectivity index (χ0) is 15.8. The average Bonchev–Trinajstić information content (AvgIpc) is 2.49. The predicted octanol–water partition coefficient (Wildman–Crippen LogP) is 2.32. The summed E-state index contributed by atoms with van der Waals surface area (Å²) in [7, 11) is 0. The van der Waals surface area contributed by atoms with Crippen LogP contribution in [0.1, 0.15) is 18.3 Å². The first-order valence-electron chi connectivity index (χ1n) is 6.19. The fourth-order valence-electron chi connectivity index (χ4n) is 1.30. The van der Waals surface area contributed by atoms with Crippen molar-refractivity contribution in [2.45, 2.75) is 20.8 Å². The van der Waals surface area contributed by atoms with E-state index in [-0.39, 0.29) is 0 Å². The number of nitrogens with zero attached hydrogens (tertiary/aromatic N) is 3. The first-order chi connectivity index (χ1) is 9.93. The summed E-state index contributed by atoms with van der Waals surface area (Å²) in [6, 6.07) is 6.92. The van der Waals surface area contributed by atoms with Crippen LogP contribution in [0.5, 0.6) is 0 Å². The molecule has 0 aliphatic heterocycles. The highest BCUT2D eigenvalue weighted by atomic mass is 16.5. The van der Waals surface area contributed by atoms with Crippen molar-refractivity contribution in [2.24, 2.45) is 0 Å². The summed E-state index contributed by atoms with van der Waals surface area (Å²) in [4.78, 5) is 18.5. The molecule has 0 spiro atoms. The molecule has 0 saturated heterocycles. The number of nitrogens with one attached hydrogen (secondary N) is 1. The fraction of sp³-hybridized carbons (Fsp3) is 0.214. The van der Waals surface area contributed by atoms with Crippen LogP contribution in [-0.2, 0) is 4.79 Å². The van der Waals surface area contributed by atoms with Gasteiger partial charge in [-0.1, -0.05) is 0 Å². The summed E-state index contributed by atoms with van der Waals surface area (Å²) >= 11 is 0. The number of hydrogen-bond donors (Lipinski definition) is 3. The van der Waals surface area contributed by atoms with Crippen molar-refractivity contribution in [3.05, 3.63) is 48.0 Å². The average molecular weight is 290 g/mol. The van der Waals surface area contributed by atoms with E-state index in [4.69, 9.17) is 10.4 Å². The molecule has 0 fully saturated rings. The lowest BCUT2D eigenvalue weighted by molar-refractivity contribution is -0.121. The Balaban J connectivity index is 0.000000219. The van der Waals surface area contributed by atoms with Gasteiger partial charge in [-0.05, 0) is 38.1 Å². The van der Waals surface area contributed by atoms with Crippen LogP contribution in [0, 0.1) is 13.8 Å². The maximum absolute atomic E-state index is 10.7. The summed E-state index contributed by atoms with van der Waals surface area (Å²) in [6.07, 6.45) is 3.01. The number of carbonyl (C=O) groups excluding carboxylic acids is 1. The Morgan fingerprint density at radius 2 is 1.67 bits per heavy atom. The molecule has 7 heteroatoms. The molecule has 2 aromatic heterocycles. The van der Waals surface area contributed by atoms with Crippen molar-refractivity contribution in [3.8, 4) is 0 Å². The first kappa shape index (κ1) is 16.5. The highest BCUT2D eigenvalue weighted by molar-refractivity contribution is 5.88. The number of amides is 1. The highest BCUT2D eigenvalue weighted by Crippen LogP contribution is 2.10. The van der Waals surface area contributed by atoms with Crippen molar-refractivity contribution in [1.29, 1.82) is 0 Å². The Hall–Kier alpha value is -2.51. The van der Waals surface area contributed by atoms with Crippen LogP contribution >= 0.6 is 0 Å². The third-order valence-corrected chi connectivity index (χ3v) is 2.48. The van der Waals surface area contributed by atoms with Gasteiger partial charge >= 0.3 is 0 Å². The van der Waals surface area contributed by atoms with Gasteiger partial charge in [0.25, 0.3) is 0 Å². The lowest BCUT2D eigenvalue weighted by Gasteiger charge is -2.11. The fourth-order valence-corrected chi connectivity index (χ4v) is 1.30. The second-order valence-electron chi connectivity index (χ2n) is 4.29. The van der Waals surface area contributed by atoms with E-state index in [2.05, 4.69) is 9.97 Å². The van der Waals surface area contributed by atoms with Crippen LogP contribution in [0.2, 0.25) is 0 Å². The van der Waals surface area contributed by atoms with Gasteiger partial charge in [0.05, 0.1) is 23.8 Å². The zero-order valence-corrected chi connectivity index (χ0v) is 12.1. The molecule has 3 N–H and O–H groups in total. The molecule has 21 heavy (non-hydrogen) atoms. The topological polar surface area (TPSA) is 98.6 Å². The zero-order valence-electron chi connectivity index (χ0n) is 12.1. The Morgan fingerprint density at radius 1 is 1.10 bits per heavy atom. The molecule has 0 saturated carbocycles. The summed E-state index contributed by atoms with van der Waals surface area (Å²) in [6.45, 7) is 5.00. The minimum Gasteiger partial charge on any atom is -0.291 e. The molecular weight excluding hydrogens is 272 g/mol. The van der Waals surface area contributed by atoms with Gasteiger partial charge in [-0.3, -0.25) is 30.7 Å². The third kappa shape index (κ3) is 5.55. The van der Waals surface area contributed by atoms with E-state index < -0.39 is 5.91 Å². The number of carbonyl (C=O) groups is 1. The smallest absolute Gasteiger partial charge is 0.247 e. The molecule has 2 heterocycles. The normalized spacial score (nSPS) is 9.38. The molecule has 7 nitrogen and oxygen atoms in total. The number of hydroxylamine groups is 1. The van der Waals surface area contributed by atoms with E-state index in [0.29, 0.717) is 16.4 Å². The predicted molar refractivity (Wildman–Crippen MR) is 78.3 cm³/mol. The van der Waals surface area contributed by atoms with Crippen molar-refractivity contribution in [1.82, 2.24) is 9.97 Å². The van der Waals surface area contributed by atoms with E-state index in [1.807, 2.05) is 25.4 Å². The number of aromatic nitrogens is 2. The van der Waals surface area contributed by atoms with Crippen LogP contribution in [0.3, 0.4) is 0 Å². The maximum atomic E-state index is 10.7. The van der Waals surface area contributed by atoms with Gasteiger partial charge in [0.1, 0.15) is 0 Å².